The smallest absolute Gasteiger partial charge is 0.0630 e. The molecule has 1 aromatic heterocycles. The summed E-state index contributed by atoms with van der Waals surface area (Å²) < 4.78 is 0. The fourth-order valence-corrected chi connectivity index (χ4v) is 4.61. The van der Waals surface area contributed by atoms with Crippen molar-refractivity contribution in [2.75, 3.05) is 6.54 Å². The van der Waals surface area contributed by atoms with Gasteiger partial charge >= 0.3 is 0 Å². The van der Waals surface area contributed by atoms with E-state index >= 15 is 0 Å². The van der Waals surface area contributed by atoms with Crippen molar-refractivity contribution >= 4 is 11.3 Å². The minimum absolute atomic E-state index is 0.505. The van der Waals surface area contributed by atoms with Crippen LogP contribution in [-0.2, 0) is 12.8 Å². The lowest BCUT2D eigenvalue weighted by atomic mass is 9.93. The normalized spacial score (nSPS) is 20.6. The van der Waals surface area contributed by atoms with Crippen LogP contribution in [0.15, 0.2) is 17.7 Å². The van der Waals surface area contributed by atoms with Crippen molar-refractivity contribution in [2.24, 2.45) is 0 Å². The Bertz CT molecular complexity index is 422. The average molecular weight is 261 g/mol. The Morgan fingerprint density at radius 2 is 2.17 bits per heavy atom. The number of rotatable bonds is 4. The quantitative estimate of drug-likeness (QED) is 0.793. The third kappa shape index (κ3) is 2.41. The molecule has 98 valence electrons. The molecule has 0 saturated heterocycles. The summed E-state index contributed by atoms with van der Waals surface area (Å²) >= 11 is 2.06. The number of likely N-dealkylation sites (N-methyl/N-ethyl adjacent to an activating group) is 1. The Hall–Kier alpha value is -0.600. The number of hydrogen-bond donors (Lipinski definition) is 1. The second-order valence-electron chi connectivity index (χ2n) is 5.47. The van der Waals surface area contributed by atoms with Crippen LogP contribution in [0.4, 0.5) is 0 Å². The molecule has 18 heavy (non-hydrogen) atoms. The van der Waals surface area contributed by atoms with E-state index in [1.807, 2.05) is 0 Å². The summed E-state index contributed by atoms with van der Waals surface area (Å²) in [6.45, 7) is 3.28. The van der Waals surface area contributed by atoms with Crippen LogP contribution in [0.5, 0.6) is 0 Å². The Morgan fingerprint density at radius 3 is 2.89 bits per heavy atom. The third-order valence-corrected chi connectivity index (χ3v) is 5.46. The van der Waals surface area contributed by atoms with Gasteiger partial charge in [0.1, 0.15) is 0 Å². The molecule has 2 heteroatoms. The first-order valence-electron chi connectivity index (χ1n) is 7.42. The van der Waals surface area contributed by atoms with E-state index in [1.54, 1.807) is 20.9 Å². The summed E-state index contributed by atoms with van der Waals surface area (Å²) in [7, 11) is 0. The van der Waals surface area contributed by atoms with Crippen LogP contribution in [0.3, 0.4) is 0 Å². The van der Waals surface area contributed by atoms with Crippen molar-refractivity contribution in [3.8, 4) is 0 Å². The maximum Gasteiger partial charge on any atom is 0.0630 e. The lowest BCUT2D eigenvalue weighted by Gasteiger charge is -2.23. The predicted octanol–water partition coefficient (Wildman–Crippen LogP) is 4.39. The highest BCUT2D eigenvalue weighted by Crippen LogP contribution is 2.38. The zero-order valence-corrected chi connectivity index (χ0v) is 12.1. The molecule has 1 unspecified atom stereocenters. The molecular formula is C16H23NS. The molecule has 1 heterocycles. The van der Waals surface area contributed by atoms with E-state index in [1.165, 1.54) is 44.9 Å². The highest BCUT2D eigenvalue weighted by molar-refractivity contribution is 7.12. The van der Waals surface area contributed by atoms with Crippen molar-refractivity contribution in [3.05, 3.63) is 33.0 Å². The first-order valence-corrected chi connectivity index (χ1v) is 8.24. The van der Waals surface area contributed by atoms with Gasteiger partial charge in [-0.25, -0.2) is 0 Å². The summed E-state index contributed by atoms with van der Waals surface area (Å²) in [5.41, 5.74) is 3.28. The number of fused-ring (bicyclic) bond motifs is 1. The first kappa shape index (κ1) is 12.4. The van der Waals surface area contributed by atoms with Crippen LogP contribution in [0.2, 0.25) is 0 Å². The summed E-state index contributed by atoms with van der Waals surface area (Å²) in [4.78, 5) is 3.22. The van der Waals surface area contributed by atoms with Crippen molar-refractivity contribution < 1.29 is 0 Å². The molecule has 2 aliphatic rings. The molecule has 0 bridgehead atoms. The number of allylic oxidation sites excluding steroid dienone is 1. The Balaban J connectivity index is 1.85. The molecule has 0 amide bonds. The van der Waals surface area contributed by atoms with Gasteiger partial charge in [0.05, 0.1) is 6.04 Å². The summed E-state index contributed by atoms with van der Waals surface area (Å²) in [5.74, 6) is 0. The van der Waals surface area contributed by atoms with Gasteiger partial charge < -0.3 is 5.32 Å². The van der Waals surface area contributed by atoms with Gasteiger partial charge in [-0.15, -0.1) is 11.3 Å². The number of hydrogen-bond acceptors (Lipinski definition) is 2. The third-order valence-electron chi connectivity index (χ3n) is 4.16. The number of nitrogens with one attached hydrogen (secondary N) is 1. The van der Waals surface area contributed by atoms with E-state index in [9.17, 15) is 0 Å². The second-order valence-corrected chi connectivity index (χ2v) is 6.63. The highest BCUT2D eigenvalue weighted by atomic mass is 32.1. The van der Waals surface area contributed by atoms with Crippen molar-refractivity contribution in [1.29, 1.82) is 0 Å². The fraction of sp³-hybridized carbons (Fsp3) is 0.625. The molecule has 0 saturated carbocycles. The maximum atomic E-state index is 3.70. The fourth-order valence-electron chi connectivity index (χ4n) is 3.24. The van der Waals surface area contributed by atoms with E-state index < -0.39 is 0 Å². The number of aryl methyl sites for hydroxylation is 2. The van der Waals surface area contributed by atoms with Gasteiger partial charge in [-0.2, -0.15) is 0 Å². The molecule has 1 atom stereocenters. The van der Waals surface area contributed by atoms with E-state index in [4.69, 9.17) is 0 Å². The molecule has 2 aliphatic carbocycles. The summed E-state index contributed by atoms with van der Waals surface area (Å²) in [5, 5.41) is 3.70. The second kappa shape index (κ2) is 5.58. The maximum absolute atomic E-state index is 3.70. The monoisotopic (exact) mass is 261 g/mol. The summed E-state index contributed by atoms with van der Waals surface area (Å²) in [6, 6.07) is 2.99. The predicted molar refractivity (Wildman–Crippen MR) is 79.3 cm³/mol. The minimum Gasteiger partial charge on any atom is -0.306 e. The molecule has 0 radical (unpaired) electrons. The first-order chi connectivity index (χ1) is 8.88. The Kier molecular flexibility index (Phi) is 3.86. The Morgan fingerprint density at radius 1 is 1.22 bits per heavy atom. The van der Waals surface area contributed by atoms with Crippen LogP contribution < -0.4 is 5.32 Å². The Labute approximate surface area is 114 Å². The SMILES string of the molecule is CCNC(C1=CCCCC1)c1cc2c(s1)CCC2. The van der Waals surface area contributed by atoms with Gasteiger partial charge in [0.2, 0.25) is 0 Å². The van der Waals surface area contributed by atoms with E-state index in [0.29, 0.717) is 6.04 Å². The highest BCUT2D eigenvalue weighted by Gasteiger charge is 2.22. The molecule has 0 spiro atoms. The van der Waals surface area contributed by atoms with Crippen LogP contribution in [0, 0.1) is 0 Å². The molecule has 1 N–H and O–H groups in total. The zero-order valence-electron chi connectivity index (χ0n) is 11.3. The van der Waals surface area contributed by atoms with Crippen LogP contribution in [0.25, 0.3) is 0 Å². The molecule has 0 fully saturated rings. The largest absolute Gasteiger partial charge is 0.306 e. The van der Waals surface area contributed by atoms with Gasteiger partial charge in [-0.3, -0.25) is 0 Å². The van der Waals surface area contributed by atoms with Gasteiger partial charge in [-0.1, -0.05) is 18.6 Å². The van der Waals surface area contributed by atoms with E-state index in [-0.39, 0.29) is 0 Å². The zero-order chi connectivity index (χ0) is 12.4. The average Bonchev–Trinajstić information content (AvgIpc) is 2.97. The summed E-state index contributed by atoms with van der Waals surface area (Å²) in [6.07, 6.45) is 11.8. The van der Waals surface area contributed by atoms with Crippen LogP contribution >= 0.6 is 11.3 Å². The molecule has 1 nitrogen and oxygen atoms in total. The molecule has 3 rings (SSSR count). The van der Waals surface area contributed by atoms with E-state index in [0.717, 1.165) is 6.54 Å². The topological polar surface area (TPSA) is 12.0 Å². The van der Waals surface area contributed by atoms with Gasteiger partial charge in [0.15, 0.2) is 0 Å². The lowest BCUT2D eigenvalue weighted by molar-refractivity contribution is 0.570. The van der Waals surface area contributed by atoms with Crippen molar-refractivity contribution in [2.45, 2.75) is 57.9 Å². The molecule has 0 aromatic carbocycles. The molecule has 1 aromatic rings. The van der Waals surface area contributed by atoms with E-state index in [2.05, 4.69) is 35.7 Å². The van der Waals surface area contributed by atoms with Gasteiger partial charge in [0, 0.05) is 9.75 Å². The van der Waals surface area contributed by atoms with Crippen molar-refractivity contribution in [3.63, 3.8) is 0 Å². The molecule has 0 aliphatic heterocycles. The van der Waals surface area contributed by atoms with Gasteiger partial charge in [0.25, 0.3) is 0 Å². The standard InChI is InChI=1S/C16H23NS/c1-2-17-16(12-7-4-3-5-8-12)15-11-13-9-6-10-14(13)18-15/h7,11,16-17H,2-6,8-10H2,1H3. The number of thiophene rings is 1. The molecular weight excluding hydrogens is 238 g/mol. The van der Waals surface area contributed by atoms with Gasteiger partial charge in [-0.05, 0) is 63.1 Å². The van der Waals surface area contributed by atoms with Crippen LogP contribution in [-0.4, -0.2) is 6.54 Å². The minimum atomic E-state index is 0.505. The lowest BCUT2D eigenvalue weighted by Crippen LogP contribution is -2.22. The van der Waals surface area contributed by atoms with Crippen LogP contribution in [0.1, 0.15) is 60.4 Å². The van der Waals surface area contributed by atoms with Crippen molar-refractivity contribution in [1.82, 2.24) is 5.32 Å².